The lowest BCUT2D eigenvalue weighted by Gasteiger charge is -2.34. The van der Waals surface area contributed by atoms with E-state index in [-0.39, 0.29) is 6.04 Å². The Morgan fingerprint density at radius 1 is 1.44 bits per heavy atom. The van der Waals surface area contributed by atoms with E-state index >= 15 is 0 Å². The lowest BCUT2D eigenvalue weighted by molar-refractivity contribution is 0.725. The van der Waals surface area contributed by atoms with Gasteiger partial charge in [0, 0.05) is 40.7 Å². The van der Waals surface area contributed by atoms with E-state index in [1.807, 2.05) is 13.1 Å². The van der Waals surface area contributed by atoms with Gasteiger partial charge < -0.3 is 10.6 Å². The molecule has 2 heterocycles. The summed E-state index contributed by atoms with van der Waals surface area (Å²) >= 11 is 3.80. The summed E-state index contributed by atoms with van der Waals surface area (Å²) in [6.07, 6.45) is 1.92. The Bertz CT molecular complexity index is 341. The largest absolute Gasteiger partial charge is 0.346 e. The van der Waals surface area contributed by atoms with Gasteiger partial charge in [-0.05, 0) is 6.92 Å². The molecular weight excluding hydrogens is 238 g/mol. The third kappa shape index (κ3) is 2.70. The number of aromatic nitrogens is 1. The fraction of sp³-hybridized carbons (Fsp3) is 0.727. The third-order valence-electron chi connectivity index (χ3n) is 2.65. The molecule has 1 aliphatic heterocycles. The van der Waals surface area contributed by atoms with Crippen molar-refractivity contribution in [2.24, 2.45) is 5.73 Å². The Labute approximate surface area is 105 Å². The molecule has 2 rings (SSSR count). The Morgan fingerprint density at radius 2 is 2.06 bits per heavy atom. The van der Waals surface area contributed by atoms with E-state index in [1.165, 1.54) is 4.88 Å². The fourth-order valence-corrected chi connectivity index (χ4v) is 4.18. The molecule has 3 unspecified atom stereocenters. The molecule has 90 valence electrons. The zero-order chi connectivity index (χ0) is 11.7. The van der Waals surface area contributed by atoms with Crippen molar-refractivity contribution in [1.29, 1.82) is 0 Å². The Hall–Kier alpha value is -0.260. The number of hydrogen-bond donors (Lipinski definition) is 1. The maximum absolute atomic E-state index is 5.86. The van der Waals surface area contributed by atoms with Gasteiger partial charge in [-0.3, -0.25) is 0 Å². The van der Waals surface area contributed by atoms with Gasteiger partial charge in [-0.1, -0.05) is 13.8 Å². The van der Waals surface area contributed by atoms with Crippen LogP contribution < -0.4 is 10.6 Å². The highest BCUT2D eigenvalue weighted by atomic mass is 32.2. The highest BCUT2D eigenvalue weighted by Crippen LogP contribution is 2.32. The normalized spacial score (nSPS) is 28.1. The van der Waals surface area contributed by atoms with Crippen molar-refractivity contribution in [2.45, 2.75) is 37.3 Å². The Balaban J connectivity index is 2.10. The van der Waals surface area contributed by atoms with Gasteiger partial charge in [0.2, 0.25) is 0 Å². The predicted molar refractivity (Wildman–Crippen MR) is 73.4 cm³/mol. The first-order valence-corrected chi connectivity index (χ1v) is 7.44. The van der Waals surface area contributed by atoms with Gasteiger partial charge in [-0.2, -0.15) is 11.8 Å². The van der Waals surface area contributed by atoms with Crippen molar-refractivity contribution >= 4 is 28.2 Å². The monoisotopic (exact) mass is 257 g/mol. The van der Waals surface area contributed by atoms with Gasteiger partial charge in [0.1, 0.15) is 0 Å². The second-order valence-electron chi connectivity index (χ2n) is 4.50. The molecule has 3 nitrogen and oxygen atoms in total. The van der Waals surface area contributed by atoms with E-state index < -0.39 is 0 Å². The lowest BCUT2D eigenvalue weighted by Crippen LogP contribution is -2.40. The number of hydrogen-bond acceptors (Lipinski definition) is 5. The minimum absolute atomic E-state index is 0.0975. The fourth-order valence-electron chi connectivity index (χ4n) is 1.97. The number of nitrogens with two attached hydrogens (primary N) is 1. The van der Waals surface area contributed by atoms with Gasteiger partial charge in [0.15, 0.2) is 5.13 Å². The summed E-state index contributed by atoms with van der Waals surface area (Å²) in [6, 6.07) is 0.0975. The third-order valence-corrected chi connectivity index (χ3v) is 5.14. The van der Waals surface area contributed by atoms with E-state index in [9.17, 15) is 0 Å². The van der Waals surface area contributed by atoms with Gasteiger partial charge in [-0.15, -0.1) is 11.3 Å². The molecule has 0 spiro atoms. The topological polar surface area (TPSA) is 42.2 Å². The molecule has 0 bridgehead atoms. The van der Waals surface area contributed by atoms with Crippen LogP contribution in [0.4, 0.5) is 5.13 Å². The predicted octanol–water partition coefficient (Wildman–Crippen LogP) is 2.49. The molecular formula is C11H19N3S2. The SMILES string of the molecule is CC1CN(c2ncc(C(C)N)s2)CC(C)S1. The Morgan fingerprint density at radius 3 is 2.56 bits per heavy atom. The van der Waals surface area contributed by atoms with Crippen LogP contribution in [0, 0.1) is 0 Å². The second-order valence-corrected chi connectivity index (χ2v) is 7.42. The molecule has 2 N–H and O–H groups in total. The van der Waals surface area contributed by atoms with E-state index in [4.69, 9.17) is 5.73 Å². The van der Waals surface area contributed by atoms with Crippen molar-refractivity contribution < 1.29 is 0 Å². The quantitative estimate of drug-likeness (QED) is 0.884. The molecule has 1 fully saturated rings. The van der Waals surface area contributed by atoms with E-state index in [0.29, 0.717) is 10.5 Å². The molecule has 1 aromatic heterocycles. The number of anilines is 1. The van der Waals surface area contributed by atoms with Crippen LogP contribution in [-0.4, -0.2) is 28.6 Å². The summed E-state index contributed by atoms with van der Waals surface area (Å²) in [7, 11) is 0. The first-order valence-electron chi connectivity index (χ1n) is 5.68. The van der Waals surface area contributed by atoms with Gasteiger partial charge in [0.25, 0.3) is 0 Å². The summed E-state index contributed by atoms with van der Waals surface area (Å²) in [5, 5.41) is 2.50. The molecule has 5 heteroatoms. The number of thioether (sulfide) groups is 1. The number of nitrogens with zero attached hydrogens (tertiary/aromatic N) is 2. The molecule has 1 aromatic rings. The average Bonchev–Trinajstić information content (AvgIpc) is 2.64. The molecule has 3 atom stereocenters. The van der Waals surface area contributed by atoms with Crippen molar-refractivity contribution in [3.8, 4) is 0 Å². The van der Waals surface area contributed by atoms with Crippen LogP contribution in [0.2, 0.25) is 0 Å². The highest BCUT2D eigenvalue weighted by molar-refractivity contribution is 8.00. The Kier molecular flexibility index (Phi) is 3.77. The van der Waals surface area contributed by atoms with Crippen LogP contribution in [0.25, 0.3) is 0 Å². The van der Waals surface area contributed by atoms with Crippen molar-refractivity contribution in [1.82, 2.24) is 4.98 Å². The van der Waals surface area contributed by atoms with E-state index in [2.05, 4.69) is 35.5 Å². The average molecular weight is 257 g/mol. The second kappa shape index (κ2) is 4.94. The molecule has 1 saturated heterocycles. The molecule has 16 heavy (non-hydrogen) atoms. The van der Waals surface area contributed by atoms with Crippen LogP contribution in [0.5, 0.6) is 0 Å². The number of thiazole rings is 1. The minimum atomic E-state index is 0.0975. The first-order chi connectivity index (χ1) is 7.56. The van der Waals surface area contributed by atoms with Crippen LogP contribution in [-0.2, 0) is 0 Å². The zero-order valence-electron chi connectivity index (χ0n) is 10.0. The summed E-state index contributed by atoms with van der Waals surface area (Å²) < 4.78 is 0. The number of rotatable bonds is 2. The van der Waals surface area contributed by atoms with Gasteiger partial charge >= 0.3 is 0 Å². The maximum Gasteiger partial charge on any atom is 0.185 e. The van der Waals surface area contributed by atoms with E-state index in [0.717, 1.165) is 18.2 Å². The highest BCUT2D eigenvalue weighted by Gasteiger charge is 2.24. The van der Waals surface area contributed by atoms with Crippen molar-refractivity contribution in [2.75, 3.05) is 18.0 Å². The zero-order valence-corrected chi connectivity index (χ0v) is 11.6. The van der Waals surface area contributed by atoms with Crippen LogP contribution in [0.15, 0.2) is 6.20 Å². The van der Waals surface area contributed by atoms with Crippen LogP contribution in [0.3, 0.4) is 0 Å². The van der Waals surface area contributed by atoms with Crippen molar-refractivity contribution in [3.05, 3.63) is 11.1 Å². The minimum Gasteiger partial charge on any atom is -0.346 e. The van der Waals surface area contributed by atoms with Crippen LogP contribution >= 0.6 is 23.1 Å². The summed E-state index contributed by atoms with van der Waals surface area (Å²) in [4.78, 5) is 8.05. The molecule has 0 saturated carbocycles. The molecule has 0 radical (unpaired) electrons. The molecule has 1 aliphatic rings. The van der Waals surface area contributed by atoms with Gasteiger partial charge in [-0.25, -0.2) is 4.98 Å². The summed E-state index contributed by atoms with van der Waals surface area (Å²) in [5.74, 6) is 0. The smallest absolute Gasteiger partial charge is 0.185 e. The molecule has 0 aliphatic carbocycles. The summed E-state index contributed by atoms with van der Waals surface area (Å²) in [5.41, 5.74) is 5.86. The van der Waals surface area contributed by atoms with E-state index in [1.54, 1.807) is 11.3 Å². The lowest BCUT2D eigenvalue weighted by atomic mass is 10.3. The molecule has 0 amide bonds. The maximum atomic E-state index is 5.86. The standard InChI is InChI=1S/C11H19N3S2/c1-7-5-14(6-8(2)15-7)11-13-4-10(16-11)9(3)12/h4,7-9H,5-6,12H2,1-3H3. The van der Waals surface area contributed by atoms with Crippen LogP contribution in [0.1, 0.15) is 31.7 Å². The molecule has 0 aromatic carbocycles. The van der Waals surface area contributed by atoms with Gasteiger partial charge in [0.05, 0.1) is 0 Å². The summed E-state index contributed by atoms with van der Waals surface area (Å²) in [6.45, 7) is 8.78. The van der Waals surface area contributed by atoms with Crippen molar-refractivity contribution in [3.63, 3.8) is 0 Å². The first kappa shape index (κ1) is 12.2.